The molecule has 0 radical (unpaired) electrons. The van der Waals surface area contributed by atoms with E-state index in [0.717, 1.165) is 6.20 Å². The van der Waals surface area contributed by atoms with Crippen LogP contribution in [0.4, 0.5) is 14.5 Å². The first kappa shape index (κ1) is 18.3. The zero-order chi connectivity index (χ0) is 19.9. The summed E-state index contributed by atoms with van der Waals surface area (Å²) < 4.78 is 54.7. The molecule has 0 amide bonds. The SMILES string of the molecule is O=S(=O)(Nc1ccccc1Cl)c1ccc2nc(-c3ncc(F)cc3F)[nH]c2c1. The number of hydrogen-bond donors (Lipinski definition) is 2. The summed E-state index contributed by atoms with van der Waals surface area (Å²) >= 11 is 6.00. The molecule has 0 atom stereocenters. The van der Waals surface area contributed by atoms with E-state index < -0.39 is 21.7 Å². The number of rotatable bonds is 4. The maximum Gasteiger partial charge on any atom is 0.262 e. The third-order valence-corrected chi connectivity index (χ3v) is 5.61. The van der Waals surface area contributed by atoms with Crippen LogP contribution in [0.2, 0.25) is 5.02 Å². The number of imidazole rings is 1. The smallest absolute Gasteiger partial charge is 0.262 e. The number of anilines is 1. The van der Waals surface area contributed by atoms with Crippen LogP contribution in [0, 0.1) is 11.6 Å². The van der Waals surface area contributed by atoms with Crippen LogP contribution in [0.3, 0.4) is 0 Å². The van der Waals surface area contributed by atoms with Crippen LogP contribution in [-0.4, -0.2) is 23.4 Å². The molecule has 4 rings (SSSR count). The number of nitrogens with zero attached hydrogens (tertiary/aromatic N) is 2. The highest BCUT2D eigenvalue weighted by Gasteiger charge is 2.18. The lowest BCUT2D eigenvalue weighted by molar-refractivity contribution is 0.575. The van der Waals surface area contributed by atoms with Crippen LogP contribution in [-0.2, 0) is 10.0 Å². The summed E-state index contributed by atoms with van der Waals surface area (Å²) in [5, 5.41) is 0.258. The Labute approximate surface area is 163 Å². The van der Waals surface area contributed by atoms with Gasteiger partial charge in [-0.1, -0.05) is 23.7 Å². The van der Waals surface area contributed by atoms with E-state index in [2.05, 4.69) is 19.7 Å². The normalized spacial score (nSPS) is 11.7. The summed E-state index contributed by atoms with van der Waals surface area (Å²) in [5.74, 6) is -1.63. The predicted molar refractivity (Wildman–Crippen MR) is 102 cm³/mol. The summed E-state index contributed by atoms with van der Waals surface area (Å²) in [7, 11) is -3.92. The van der Waals surface area contributed by atoms with Gasteiger partial charge in [0.2, 0.25) is 0 Å². The number of H-pyrrole nitrogens is 1. The molecule has 0 saturated carbocycles. The van der Waals surface area contributed by atoms with E-state index in [0.29, 0.717) is 17.1 Å². The molecule has 2 N–H and O–H groups in total. The number of nitrogens with one attached hydrogen (secondary N) is 2. The van der Waals surface area contributed by atoms with Crippen molar-refractivity contribution in [2.45, 2.75) is 4.90 Å². The summed E-state index contributed by atoms with van der Waals surface area (Å²) in [5.41, 5.74) is 0.822. The number of aromatic amines is 1. The molecule has 0 bridgehead atoms. The molecule has 0 fully saturated rings. The summed E-state index contributed by atoms with van der Waals surface area (Å²) in [6.07, 6.45) is 0.870. The molecule has 2 aromatic carbocycles. The zero-order valence-corrected chi connectivity index (χ0v) is 15.5. The second-order valence-corrected chi connectivity index (χ2v) is 7.92. The Bertz CT molecular complexity index is 1310. The Morgan fingerprint density at radius 1 is 1.07 bits per heavy atom. The highest BCUT2D eigenvalue weighted by molar-refractivity contribution is 7.92. The number of pyridine rings is 1. The van der Waals surface area contributed by atoms with Gasteiger partial charge in [0, 0.05) is 6.07 Å². The second-order valence-electron chi connectivity index (χ2n) is 5.83. The Morgan fingerprint density at radius 3 is 2.61 bits per heavy atom. The minimum atomic E-state index is -3.92. The van der Waals surface area contributed by atoms with Crippen molar-refractivity contribution in [2.75, 3.05) is 4.72 Å². The first-order valence-electron chi connectivity index (χ1n) is 7.92. The van der Waals surface area contributed by atoms with Gasteiger partial charge in [-0.25, -0.2) is 27.2 Å². The van der Waals surface area contributed by atoms with E-state index in [1.54, 1.807) is 18.2 Å². The number of aromatic nitrogens is 3. The predicted octanol–water partition coefficient (Wildman–Crippen LogP) is 4.36. The van der Waals surface area contributed by atoms with Crippen molar-refractivity contribution < 1.29 is 17.2 Å². The number of para-hydroxylation sites is 1. The van der Waals surface area contributed by atoms with Crippen molar-refractivity contribution >= 4 is 38.3 Å². The number of hydrogen-bond acceptors (Lipinski definition) is 4. The van der Waals surface area contributed by atoms with E-state index in [1.807, 2.05) is 0 Å². The Kier molecular flexibility index (Phi) is 4.48. The topological polar surface area (TPSA) is 87.7 Å². The minimum Gasteiger partial charge on any atom is -0.337 e. The van der Waals surface area contributed by atoms with Gasteiger partial charge in [0.05, 0.1) is 32.8 Å². The van der Waals surface area contributed by atoms with Crippen LogP contribution in [0.5, 0.6) is 0 Å². The summed E-state index contributed by atoms with van der Waals surface area (Å²) in [4.78, 5) is 10.6. The van der Waals surface area contributed by atoms with Gasteiger partial charge in [0.25, 0.3) is 10.0 Å². The van der Waals surface area contributed by atoms with Crippen molar-refractivity contribution in [3.8, 4) is 11.5 Å². The van der Waals surface area contributed by atoms with Gasteiger partial charge in [0.1, 0.15) is 11.5 Å². The van der Waals surface area contributed by atoms with E-state index in [1.165, 1.54) is 24.3 Å². The first-order chi connectivity index (χ1) is 13.3. The molecule has 0 aliphatic rings. The third kappa shape index (κ3) is 3.41. The van der Waals surface area contributed by atoms with Gasteiger partial charge in [-0.2, -0.15) is 0 Å². The van der Waals surface area contributed by atoms with Crippen molar-refractivity contribution in [3.05, 3.63) is 71.4 Å². The minimum absolute atomic E-state index is 0.0392. The van der Waals surface area contributed by atoms with Gasteiger partial charge in [-0.3, -0.25) is 4.72 Å². The number of benzene rings is 2. The molecule has 2 aromatic heterocycles. The van der Waals surface area contributed by atoms with Crippen molar-refractivity contribution in [1.29, 1.82) is 0 Å². The Balaban J connectivity index is 1.73. The highest BCUT2D eigenvalue weighted by Crippen LogP contribution is 2.27. The quantitative estimate of drug-likeness (QED) is 0.513. The van der Waals surface area contributed by atoms with Gasteiger partial charge >= 0.3 is 0 Å². The fourth-order valence-corrected chi connectivity index (χ4v) is 3.95. The van der Waals surface area contributed by atoms with Crippen LogP contribution >= 0.6 is 11.6 Å². The molecule has 2 heterocycles. The van der Waals surface area contributed by atoms with Crippen molar-refractivity contribution in [3.63, 3.8) is 0 Å². The van der Waals surface area contributed by atoms with E-state index in [-0.39, 0.29) is 27.1 Å². The monoisotopic (exact) mass is 420 g/mol. The highest BCUT2D eigenvalue weighted by atomic mass is 35.5. The molecular formula is C18H11ClF2N4O2S. The zero-order valence-electron chi connectivity index (χ0n) is 13.9. The molecular weight excluding hydrogens is 410 g/mol. The van der Waals surface area contributed by atoms with Gasteiger partial charge in [-0.05, 0) is 30.3 Å². The average molecular weight is 421 g/mol. The molecule has 142 valence electrons. The fraction of sp³-hybridized carbons (Fsp3) is 0. The lowest BCUT2D eigenvalue weighted by atomic mass is 10.3. The summed E-state index contributed by atoms with van der Waals surface area (Å²) in [6, 6.07) is 11.3. The molecule has 0 unspecified atom stereocenters. The molecule has 6 nitrogen and oxygen atoms in total. The van der Waals surface area contributed by atoms with Crippen LogP contribution < -0.4 is 4.72 Å². The molecule has 10 heteroatoms. The fourth-order valence-electron chi connectivity index (χ4n) is 2.60. The van der Waals surface area contributed by atoms with Gasteiger partial charge < -0.3 is 4.98 Å². The molecule has 4 aromatic rings. The van der Waals surface area contributed by atoms with Crippen LogP contribution in [0.1, 0.15) is 0 Å². The molecule has 28 heavy (non-hydrogen) atoms. The van der Waals surface area contributed by atoms with E-state index >= 15 is 0 Å². The summed E-state index contributed by atoms with van der Waals surface area (Å²) in [6.45, 7) is 0. The average Bonchev–Trinajstić information content (AvgIpc) is 3.06. The lowest BCUT2D eigenvalue weighted by Gasteiger charge is -2.09. The number of fused-ring (bicyclic) bond motifs is 1. The molecule has 0 aliphatic heterocycles. The van der Waals surface area contributed by atoms with E-state index in [4.69, 9.17) is 11.6 Å². The van der Waals surface area contributed by atoms with Gasteiger partial charge in [-0.15, -0.1) is 0 Å². The number of halogens is 3. The lowest BCUT2D eigenvalue weighted by Crippen LogP contribution is -2.13. The van der Waals surface area contributed by atoms with Crippen molar-refractivity contribution in [2.24, 2.45) is 0 Å². The third-order valence-electron chi connectivity index (χ3n) is 3.91. The van der Waals surface area contributed by atoms with Crippen LogP contribution in [0.15, 0.2) is 59.6 Å². The van der Waals surface area contributed by atoms with Crippen LogP contribution in [0.25, 0.3) is 22.6 Å². The van der Waals surface area contributed by atoms with Gasteiger partial charge in [0.15, 0.2) is 11.6 Å². The standard InChI is InChI=1S/C18H11ClF2N4O2S/c19-12-3-1-2-4-14(12)25-28(26,27)11-5-6-15-16(8-11)24-18(23-15)17-13(21)7-10(20)9-22-17/h1-9,25H,(H,23,24). The van der Waals surface area contributed by atoms with Crippen molar-refractivity contribution in [1.82, 2.24) is 15.0 Å². The first-order valence-corrected chi connectivity index (χ1v) is 9.78. The maximum absolute atomic E-state index is 13.9. The van der Waals surface area contributed by atoms with E-state index in [9.17, 15) is 17.2 Å². The molecule has 0 saturated heterocycles. The largest absolute Gasteiger partial charge is 0.337 e. The molecule has 0 spiro atoms. The maximum atomic E-state index is 13.9. The Hall–Kier alpha value is -3.04. The second kappa shape index (κ2) is 6.84. The molecule has 0 aliphatic carbocycles. The number of sulfonamides is 1. The Morgan fingerprint density at radius 2 is 1.86 bits per heavy atom.